The molecule has 0 amide bonds. The number of aromatic nitrogens is 5. The van der Waals surface area contributed by atoms with Crippen molar-refractivity contribution in [3.8, 4) is 22.5 Å². The average Bonchev–Trinajstić information content (AvgIpc) is 3.48. The van der Waals surface area contributed by atoms with Crippen molar-refractivity contribution in [3.63, 3.8) is 0 Å². The van der Waals surface area contributed by atoms with Crippen molar-refractivity contribution in [2.24, 2.45) is 0 Å². The highest BCUT2D eigenvalue weighted by Crippen LogP contribution is 2.34. The van der Waals surface area contributed by atoms with Crippen molar-refractivity contribution in [3.05, 3.63) is 83.5 Å². The molecule has 2 aromatic carbocycles. The van der Waals surface area contributed by atoms with Gasteiger partial charge in [0.25, 0.3) is 0 Å². The molecule has 5 aromatic rings. The topological polar surface area (TPSA) is 73.5 Å². The fraction of sp³-hybridized carbons (Fsp3) is 0.222. The lowest BCUT2D eigenvalue weighted by Crippen LogP contribution is -2.33. The fourth-order valence-corrected chi connectivity index (χ4v) is 5.11. The van der Waals surface area contributed by atoms with Crippen LogP contribution in [0.15, 0.2) is 67.0 Å². The Labute approximate surface area is 203 Å². The zero-order chi connectivity index (χ0) is 23.1. The van der Waals surface area contributed by atoms with Gasteiger partial charge in [-0.05, 0) is 49.1 Å². The van der Waals surface area contributed by atoms with E-state index < -0.39 is 0 Å². The maximum Gasteiger partial charge on any atom is 0.143 e. The number of aryl methyl sites for hydroxylation is 1. The number of benzene rings is 2. The lowest BCUT2D eigenvalue weighted by molar-refractivity contribution is 0.487. The first-order chi connectivity index (χ1) is 16.7. The highest BCUT2D eigenvalue weighted by atomic mass is 35.5. The number of aromatic amines is 2. The summed E-state index contributed by atoms with van der Waals surface area (Å²) in [6.45, 7) is 3.93. The Balaban J connectivity index is 1.23. The highest BCUT2D eigenvalue weighted by molar-refractivity contribution is 6.30. The molecule has 7 heteroatoms. The van der Waals surface area contributed by atoms with Crippen LogP contribution in [0, 0.1) is 6.92 Å². The number of nitrogens with one attached hydrogen (secondary N) is 2. The van der Waals surface area contributed by atoms with Crippen LogP contribution < -0.4 is 4.90 Å². The molecule has 6 nitrogen and oxygen atoms in total. The largest absolute Gasteiger partial charge is 0.356 e. The number of fused-ring (bicyclic) bond motifs is 1. The second-order valence-corrected chi connectivity index (χ2v) is 9.30. The SMILES string of the molecule is Cc1nc(C2CCN(c3ncnc4[nH]c(-c5cccc(Cl)c5)cc34)CC2)[nH]c1-c1ccccc1. The van der Waals surface area contributed by atoms with Crippen LogP contribution in [0.5, 0.6) is 0 Å². The van der Waals surface area contributed by atoms with Gasteiger partial charge < -0.3 is 14.9 Å². The third-order valence-electron chi connectivity index (χ3n) is 6.69. The Kier molecular flexibility index (Phi) is 5.30. The van der Waals surface area contributed by atoms with E-state index in [1.165, 1.54) is 5.56 Å². The van der Waals surface area contributed by atoms with Crippen molar-refractivity contribution >= 4 is 28.5 Å². The summed E-state index contributed by atoms with van der Waals surface area (Å²) in [5, 5.41) is 1.75. The molecule has 0 unspecified atom stereocenters. The van der Waals surface area contributed by atoms with E-state index >= 15 is 0 Å². The van der Waals surface area contributed by atoms with Crippen LogP contribution in [0.2, 0.25) is 5.02 Å². The van der Waals surface area contributed by atoms with Crippen molar-refractivity contribution in [1.29, 1.82) is 0 Å². The Bertz CT molecular complexity index is 1450. The zero-order valence-corrected chi connectivity index (χ0v) is 19.7. The van der Waals surface area contributed by atoms with Gasteiger partial charge in [0.1, 0.15) is 23.6 Å². The molecular formula is C27H25ClN6. The lowest BCUT2D eigenvalue weighted by Gasteiger charge is -2.32. The Morgan fingerprint density at radius 3 is 2.50 bits per heavy atom. The molecular weight excluding hydrogens is 444 g/mol. The van der Waals surface area contributed by atoms with Gasteiger partial charge in [0.05, 0.1) is 16.8 Å². The number of rotatable bonds is 4. The highest BCUT2D eigenvalue weighted by Gasteiger charge is 2.26. The summed E-state index contributed by atoms with van der Waals surface area (Å²) >= 11 is 6.20. The first kappa shape index (κ1) is 20.9. The minimum absolute atomic E-state index is 0.415. The van der Waals surface area contributed by atoms with Gasteiger partial charge in [-0.25, -0.2) is 15.0 Å². The lowest BCUT2D eigenvalue weighted by atomic mass is 9.96. The summed E-state index contributed by atoms with van der Waals surface area (Å²) in [5.41, 5.74) is 6.24. The maximum atomic E-state index is 6.20. The summed E-state index contributed by atoms with van der Waals surface area (Å²) in [6.07, 6.45) is 3.69. The molecule has 170 valence electrons. The number of H-pyrrole nitrogens is 2. The van der Waals surface area contributed by atoms with E-state index in [1.807, 2.05) is 30.3 Å². The van der Waals surface area contributed by atoms with E-state index in [0.29, 0.717) is 10.9 Å². The third kappa shape index (κ3) is 3.84. The molecule has 0 bridgehead atoms. The van der Waals surface area contributed by atoms with E-state index in [0.717, 1.165) is 71.3 Å². The van der Waals surface area contributed by atoms with E-state index in [1.54, 1.807) is 6.33 Å². The van der Waals surface area contributed by atoms with Crippen molar-refractivity contribution < 1.29 is 0 Å². The molecule has 4 heterocycles. The summed E-state index contributed by atoms with van der Waals surface area (Å²) in [4.78, 5) is 23.4. The number of hydrogen-bond acceptors (Lipinski definition) is 4. The van der Waals surface area contributed by atoms with E-state index in [2.05, 4.69) is 62.1 Å². The van der Waals surface area contributed by atoms with Crippen LogP contribution in [-0.2, 0) is 0 Å². The minimum atomic E-state index is 0.415. The summed E-state index contributed by atoms with van der Waals surface area (Å²) in [5.74, 6) is 2.49. The number of halogens is 1. The molecule has 1 saturated heterocycles. The Morgan fingerprint density at radius 2 is 1.71 bits per heavy atom. The van der Waals surface area contributed by atoms with E-state index in [9.17, 15) is 0 Å². The number of nitrogens with zero attached hydrogens (tertiary/aromatic N) is 4. The molecule has 0 saturated carbocycles. The number of anilines is 1. The minimum Gasteiger partial charge on any atom is -0.356 e. The average molecular weight is 469 g/mol. The van der Waals surface area contributed by atoms with E-state index in [-0.39, 0.29) is 0 Å². The maximum absolute atomic E-state index is 6.20. The summed E-state index contributed by atoms with van der Waals surface area (Å²) in [6, 6.07) is 20.4. The predicted molar refractivity (Wildman–Crippen MR) is 137 cm³/mol. The van der Waals surface area contributed by atoms with Crippen molar-refractivity contribution in [1.82, 2.24) is 24.9 Å². The van der Waals surface area contributed by atoms with Crippen molar-refractivity contribution in [2.75, 3.05) is 18.0 Å². The van der Waals surface area contributed by atoms with Gasteiger partial charge in [0.2, 0.25) is 0 Å². The molecule has 2 N–H and O–H groups in total. The smallest absolute Gasteiger partial charge is 0.143 e. The van der Waals surface area contributed by atoms with Gasteiger partial charge in [-0.1, -0.05) is 54.1 Å². The van der Waals surface area contributed by atoms with Crippen LogP contribution in [0.3, 0.4) is 0 Å². The van der Waals surface area contributed by atoms with Crippen LogP contribution in [0.25, 0.3) is 33.5 Å². The molecule has 1 aliphatic rings. The number of piperidine rings is 1. The van der Waals surface area contributed by atoms with Crippen LogP contribution in [0.1, 0.15) is 30.3 Å². The van der Waals surface area contributed by atoms with Crippen LogP contribution >= 0.6 is 11.6 Å². The normalized spacial score (nSPS) is 14.7. The van der Waals surface area contributed by atoms with Gasteiger partial charge in [-0.3, -0.25) is 0 Å². The third-order valence-corrected chi connectivity index (χ3v) is 6.92. The first-order valence-electron chi connectivity index (χ1n) is 11.6. The van der Waals surface area contributed by atoms with Gasteiger partial charge >= 0.3 is 0 Å². The Hall–Kier alpha value is -3.64. The molecule has 34 heavy (non-hydrogen) atoms. The predicted octanol–water partition coefficient (Wildman–Crippen LogP) is 6.36. The molecule has 0 spiro atoms. The fourth-order valence-electron chi connectivity index (χ4n) is 4.92. The van der Waals surface area contributed by atoms with Gasteiger partial charge in [-0.2, -0.15) is 0 Å². The van der Waals surface area contributed by atoms with Gasteiger partial charge in [-0.15, -0.1) is 0 Å². The molecule has 1 aliphatic heterocycles. The first-order valence-corrected chi connectivity index (χ1v) is 12.0. The van der Waals surface area contributed by atoms with Crippen LogP contribution in [-0.4, -0.2) is 38.0 Å². The molecule has 3 aromatic heterocycles. The van der Waals surface area contributed by atoms with E-state index in [4.69, 9.17) is 16.6 Å². The summed E-state index contributed by atoms with van der Waals surface area (Å²) in [7, 11) is 0. The summed E-state index contributed by atoms with van der Waals surface area (Å²) < 4.78 is 0. The molecule has 0 atom stereocenters. The molecule has 1 fully saturated rings. The molecule has 6 rings (SSSR count). The quantitative estimate of drug-likeness (QED) is 0.322. The number of hydrogen-bond donors (Lipinski definition) is 2. The standard InChI is InChI=1S/C27H25ClN6/c1-17-24(18-6-3-2-4-7-18)33-25(31-17)19-10-12-34(13-11-19)27-22-15-23(32-26(22)29-16-30-27)20-8-5-9-21(28)14-20/h2-9,14-16,19H,10-13H2,1H3,(H,31,33)(H,29,30,32). The Morgan fingerprint density at radius 1 is 0.912 bits per heavy atom. The second-order valence-electron chi connectivity index (χ2n) is 8.86. The monoisotopic (exact) mass is 468 g/mol. The van der Waals surface area contributed by atoms with Gasteiger partial charge in [0, 0.05) is 29.7 Å². The second kappa shape index (κ2) is 8.61. The zero-order valence-electron chi connectivity index (χ0n) is 18.9. The number of imidazole rings is 1. The van der Waals surface area contributed by atoms with Gasteiger partial charge in [0.15, 0.2) is 0 Å². The van der Waals surface area contributed by atoms with Crippen molar-refractivity contribution in [2.45, 2.75) is 25.7 Å². The van der Waals surface area contributed by atoms with Crippen LogP contribution in [0.4, 0.5) is 5.82 Å². The molecule has 0 aliphatic carbocycles. The molecule has 0 radical (unpaired) electrons.